The molecule has 2 aromatic rings. The molecule has 0 fully saturated rings. The molecule has 0 aliphatic heterocycles. The summed E-state index contributed by atoms with van der Waals surface area (Å²) in [5, 5.41) is 1.99. The number of amides is 1. The number of rotatable bonds is 3. The van der Waals surface area contributed by atoms with E-state index in [1.54, 1.807) is 29.4 Å². The molecule has 1 unspecified atom stereocenters. The molecule has 4 nitrogen and oxygen atoms in total. The molecule has 0 aromatic carbocycles. The Labute approximate surface area is 109 Å². The molecule has 94 valence electrons. The van der Waals surface area contributed by atoms with Crippen molar-refractivity contribution in [2.24, 2.45) is 0 Å². The third kappa shape index (κ3) is 2.51. The zero-order valence-electron chi connectivity index (χ0n) is 10.2. The molecule has 0 spiro atoms. The molecule has 0 radical (unpaired) electrons. The van der Waals surface area contributed by atoms with Crippen molar-refractivity contribution in [3.05, 3.63) is 56.6 Å². The third-order valence-corrected chi connectivity index (χ3v) is 3.93. The highest BCUT2D eigenvalue weighted by Gasteiger charge is 2.19. The Bertz CT molecular complexity index is 569. The molecule has 0 aliphatic rings. The number of nitrogens with zero attached hydrogens (tertiary/aromatic N) is 1. The van der Waals surface area contributed by atoms with E-state index in [1.807, 2.05) is 24.4 Å². The van der Waals surface area contributed by atoms with Crippen LogP contribution >= 0.6 is 11.3 Å². The van der Waals surface area contributed by atoms with Crippen molar-refractivity contribution in [1.82, 2.24) is 9.88 Å². The number of H-pyrrole nitrogens is 1. The molecule has 2 rings (SSSR count). The van der Waals surface area contributed by atoms with Crippen molar-refractivity contribution in [2.75, 3.05) is 7.05 Å². The van der Waals surface area contributed by atoms with Crippen molar-refractivity contribution in [2.45, 2.75) is 13.0 Å². The first kappa shape index (κ1) is 12.6. The fourth-order valence-corrected chi connectivity index (χ4v) is 2.47. The summed E-state index contributed by atoms with van der Waals surface area (Å²) in [7, 11) is 1.76. The fourth-order valence-electron chi connectivity index (χ4n) is 1.64. The van der Waals surface area contributed by atoms with Gasteiger partial charge in [0.1, 0.15) is 0 Å². The van der Waals surface area contributed by atoms with Gasteiger partial charge in [-0.25, -0.2) is 0 Å². The van der Waals surface area contributed by atoms with Crippen molar-refractivity contribution in [3.8, 4) is 0 Å². The number of thiophene rings is 1. The normalized spacial score (nSPS) is 12.1. The van der Waals surface area contributed by atoms with Crippen LogP contribution in [0.15, 0.2) is 40.6 Å². The van der Waals surface area contributed by atoms with Crippen LogP contribution in [0.25, 0.3) is 0 Å². The maximum atomic E-state index is 12.2. The summed E-state index contributed by atoms with van der Waals surface area (Å²) in [4.78, 5) is 28.5. The van der Waals surface area contributed by atoms with Crippen LogP contribution in [0.3, 0.4) is 0 Å². The molecule has 18 heavy (non-hydrogen) atoms. The van der Waals surface area contributed by atoms with E-state index in [0.29, 0.717) is 5.56 Å². The highest BCUT2D eigenvalue weighted by molar-refractivity contribution is 7.10. The van der Waals surface area contributed by atoms with Crippen LogP contribution < -0.4 is 5.56 Å². The molecule has 5 heteroatoms. The Morgan fingerprint density at radius 1 is 1.39 bits per heavy atom. The molecule has 2 heterocycles. The third-order valence-electron chi connectivity index (χ3n) is 2.89. The molecule has 0 saturated heterocycles. The van der Waals surface area contributed by atoms with Gasteiger partial charge in [-0.2, -0.15) is 0 Å². The van der Waals surface area contributed by atoms with Crippen LogP contribution in [0.4, 0.5) is 0 Å². The second-order valence-electron chi connectivity index (χ2n) is 4.05. The number of carbonyl (C=O) groups is 1. The van der Waals surface area contributed by atoms with Gasteiger partial charge in [-0.05, 0) is 24.4 Å². The van der Waals surface area contributed by atoms with Gasteiger partial charge in [-0.15, -0.1) is 11.3 Å². The van der Waals surface area contributed by atoms with Gasteiger partial charge >= 0.3 is 0 Å². The minimum absolute atomic E-state index is 0.0180. The molecule has 1 N–H and O–H groups in total. The summed E-state index contributed by atoms with van der Waals surface area (Å²) < 4.78 is 0. The molecule has 0 bridgehead atoms. The minimum atomic E-state index is -0.208. The molecule has 0 saturated carbocycles. The summed E-state index contributed by atoms with van der Waals surface area (Å²) in [6.45, 7) is 1.98. The topological polar surface area (TPSA) is 53.2 Å². The lowest BCUT2D eigenvalue weighted by atomic mass is 10.2. The van der Waals surface area contributed by atoms with Crippen LogP contribution in [0, 0.1) is 0 Å². The van der Waals surface area contributed by atoms with Crippen LogP contribution in [-0.2, 0) is 0 Å². The first-order valence-corrected chi connectivity index (χ1v) is 6.47. The van der Waals surface area contributed by atoms with Gasteiger partial charge in [0.25, 0.3) is 5.91 Å². The van der Waals surface area contributed by atoms with Gasteiger partial charge in [-0.1, -0.05) is 6.07 Å². The summed E-state index contributed by atoms with van der Waals surface area (Å²) in [5.41, 5.74) is 0.279. The maximum Gasteiger partial charge on any atom is 0.255 e. The second-order valence-corrected chi connectivity index (χ2v) is 5.03. The summed E-state index contributed by atoms with van der Waals surface area (Å²) in [5.74, 6) is -0.104. The Hall–Kier alpha value is -1.88. The van der Waals surface area contributed by atoms with Crippen LogP contribution in [-0.4, -0.2) is 22.8 Å². The van der Waals surface area contributed by atoms with Gasteiger partial charge < -0.3 is 9.88 Å². The second kappa shape index (κ2) is 5.18. The van der Waals surface area contributed by atoms with Crippen LogP contribution in [0.2, 0.25) is 0 Å². The monoisotopic (exact) mass is 262 g/mol. The molecule has 0 aliphatic carbocycles. The quantitative estimate of drug-likeness (QED) is 0.922. The molecule has 2 aromatic heterocycles. The highest BCUT2D eigenvalue weighted by Crippen LogP contribution is 2.24. The largest absolute Gasteiger partial charge is 0.334 e. The Morgan fingerprint density at radius 3 is 2.72 bits per heavy atom. The number of nitrogens with one attached hydrogen (secondary N) is 1. The number of aromatic amines is 1. The summed E-state index contributed by atoms with van der Waals surface area (Å²) >= 11 is 1.62. The van der Waals surface area contributed by atoms with E-state index < -0.39 is 0 Å². The van der Waals surface area contributed by atoms with Crippen LogP contribution in [0.5, 0.6) is 0 Å². The summed E-state index contributed by atoms with van der Waals surface area (Å²) in [6.07, 6.45) is 1.45. The van der Waals surface area contributed by atoms with Gasteiger partial charge in [0.2, 0.25) is 5.56 Å². The first-order valence-electron chi connectivity index (χ1n) is 5.59. The van der Waals surface area contributed by atoms with Gasteiger partial charge in [0.15, 0.2) is 0 Å². The van der Waals surface area contributed by atoms with E-state index in [4.69, 9.17) is 0 Å². The van der Waals surface area contributed by atoms with E-state index in [0.717, 1.165) is 4.88 Å². The van der Waals surface area contributed by atoms with E-state index in [2.05, 4.69) is 4.98 Å². The van der Waals surface area contributed by atoms with Crippen molar-refractivity contribution < 1.29 is 4.79 Å². The summed E-state index contributed by atoms with van der Waals surface area (Å²) in [6, 6.07) is 6.89. The maximum absolute atomic E-state index is 12.2. The Balaban J connectivity index is 2.18. The average Bonchev–Trinajstić information content (AvgIpc) is 2.91. The van der Waals surface area contributed by atoms with Gasteiger partial charge in [0.05, 0.1) is 11.6 Å². The highest BCUT2D eigenvalue weighted by atomic mass is 32.1. The number of aromatic nitrogens is 1. The SMILES string of the molecule is CC(c1cccs1)N(C)C(=O)c1ccc(=O)[nH]c1. The van der Waals surface area contributed by atoms with Crippen molar-refractivity contribution >= 4 is 17.2 Å². The zero-order chi connectivity index (χ0) is 13.1. The van der Waals surface area contributed by atoms with E-state index in [9.17, 15) is 9.59 Å². The predicted molar refractivity (Wildman–Crippen MR) is 71.9 cm³/mol. The number of pyridine rings is 1. The first-order chi connectivity index (χ1) is 8.59. The molecular formula is C13H14N2O2S. The molecule has 1 atom stereocenters. The fraction of sp³-hybridized carbons (Fsp3) is 0.231. The number of carbonyl (C=O) groups excluding carboxylic acids is 1. The Kier molecular flexibility index (Phi) is 3.62. The van der Waals surface area contributed by atoms with Crippen LogP contribution in [0.1, 0.15) is 28.2 Å². The van der Waals surface area contributed by atoms with E-state index in [-0.39, 0.29) is 17.5 Å². The Morgan fingerprint density at radius 2 is 2.17 bits per heavy atom. The average molecular weight is 262 g/mol. The number of hydrogen-bond donors (Lipinski definition) is 1. The van der Waals surface area contributed by atoms with E-state index >= 15 is 0 Å². The van der Waals surface area contributed by atoms with E-state index in [1.165, 1.54) is 12.3 Å². The zero-order valence-corrected chi connectivity index (χ0v) is 11.0. The predicted octanol–water partition coefficient (Wildman–Crippen LogP) is 2.27. The molecule has 1 amide bonds. The van der Waals surface area contributed by atoms with Crippen molar-refractivity contribution in [3.63, 3.8) is 0 Å². The van der Waals surface area contributed by atoms with Gasteiger partial charge in [-0.3, -0.25) is 9.59 Å². The smallest absolute Gasteiger partial charge is 0.255 e. The minimum Gasteiger partial charge on any atom is -0.334 e. The lowest BCUT2D eigenvalue weighted by Gasteiger charge is -2.24. The molecular weight excluding hydrogens is 248 g/mol. The lowest BCUT2D eigenvalue weighted by Crippen LogP contribution is -2.29. The standard InChI is InChI=1S/C13H14N2O2S/c1-9(11-4-3-7-18-11)15(2)13(17)10-5-6-12(16)14-8-10/h3-9H,1-2H3,(H,14,16). The van der Waals surface area contributed by atoms with Gasteiger partial charge in [0, 0.05) is 24.2 Å². The number of hydrogen-bond acceptors (Lipinski definition) is 3. The lowest BCUT2D eigenvalue weighted by molar-refractivity contribution is 0.0744. The van der Waals surface area contributed by atoms with Crippen molar-refractivity contribution in [1.29, 1.82) is 0 Å².